The number of hydrogen-bond acceptors (Lipinski definition) is 5. The van der Waals surface area contributed by atoms with Crippen LogP contribution in [0.4, 0.5) is 5.82 Å². The molecule has 2 fully saturated rings. The van der Waals surface area contributed by atoms with Crippen molar-refractivity contribution in [3.05, 3.63) is 30.2 Å². The number of nitrogens with zero attached hydrogens (tertiary/aromatic N) is 3. The molecule has 0 spiro atoms. The van der Waals surface area contributed by atoms with E-state index in [4.69, 9.17) is 15.2 Å². The Morgan fingerprint density at radius 1 is 1.28 bits per heavy atom. The molecule has 132 valence electrons. The molecule has 1 saturated heterocycles. The molecule has 0 bridgehead atoms. The lowest BCUT2D eigenvalue weighted by Gasteiger charge is -2.25. The van der Waals surface area contributed by atoms with Gasteiger partial charge in [0.15, 0.2) is 5.79 Å². The average molecular weight is 340 g/mol. The highest BCUT2D eigenvalue weighted by Gasteiger charge is 2.54. The summed E-state index contributed by atoms with van der Waals surface area (Å²) < 4.78 is 14.9. The SMILES string of the molecule is C=C[C@H]1C[C@@H](n2c3c(c4c(N)ncnc42)CCC3)[C@@H]2OC(C)(C)O[C@@H]21. The molecule has 0 radical (unpaired) electrons. The Balaban J connectivity index is 1.69. The molecule has 1 saturated carbocycles. The summed E-state index contributed by atoms with van der Waals surface area (Å²) in [6.45, 7) is 8.00. The van der Waals surface area contributed by atoms with Gasteiger partial charge >= 0.3 is 0 Å². The fraction of sp³-hybridized carbons (Fsp3) is 0.579. The topological polar surface area (TPSA) is 75.2 Å². The van der Waals surface area contributed by atoms with Crippen molar-refractivity contribution >= 4 is 16.9 Å². The lowest BCUT2D eigenvalue weighted by Crippen LogP contribution is -2.28. The molecule has 0 amide bonds. The molecule has 4 atom stereocenters. The molecule has 3 heterocycles. The van der Waals surface area contributed by atoms with Gasteiger partial charge in [0.25, 0.3) is 0 Å². The van der Waals surface area contributed by atoms with Crippen LogP contribution in [0.15, 0.2) is 19.0 Å². The van der Waals surface area contributed by atoms with E-state index in [1.54, 1.807) is 6.33 Å². The van der Waals surface area contributed by atoms with Crippen LogP contribution in [-0.2, 0) is 22.3 Å². The summed E-state index contributed by atoms with van der Waals surface area (Å²) in [5.74, 6) is 0.307. The van der Waals surface area contributed by atoms with Crippen LogP contribution in [0.3, 0.4) is 0 Å². The van der Waals surface area contributed by atoms with Gasteiger partial charge in [0.2, 0.25) is 0 Å². The van der Waals surface area contributed by atoms with Crippen LogP contribution in [-0.4, -0.2) is 32.5 Å². The van der Waals surface area contributed by atoms with Crippen LogP contribution in [0.25, 0.3) is 11.0 Å². The van der Waals surface area contributed by atoms with Gasteiger partial charge in [-0.25, -0.2) is 9.97 Å². The van der Waals surface area contributed by atoms with Gasteiger partial charge < -0.3 is 19.8 Å². The van der Waals surface area contributed by atoms with E-state index in [1.807, 2.05) is 19.9 Å². The molecule has 5 rings (SSSR count). The predicted octanol–water partition coefficient (Wildman–Crippen LogP) is 2.77. The highest BCUT2D eigenvalue weighted by atomic mass is 16.8. The Bertz CT molecular complexity index is 872. The van der Waals surface area contributed by atoms with Gasteiger partial charge in [0.1, 0.15) is 23.9 Å². The zero-order chi connectivity index (χ0) is 17.3. The van der Waals surface area contributed by atoms with Gasteiger partial charge in [-0.3, -0.25) is 0 Å². The number of ether oxygens (including phenoxy) is 2. The number of fused-ring (bicyclic) bond motifs is 4. The molecular weight excluding hydrogens is 316 g/mol. The Kier molecular flexibility index (Phi) is 3.10. The summed E-state index contributed by atoms with van der Waals surface area (Å²) in [6, 6.07) is 0.188. The first-order valence-electron chi connectivity index (χ1n) is 9.10. The third-order valence-electron chi connectivity index (χ3n) is 5.98. The van der Waals surface area contributed by atoms with Crippen LogP contribution < -0.4 is 5.73 Å². The number of nitrogens with two attached hydrogens (primary N) is 1. The smallest absolute Gasteiger partial charge is 0.163 e. The lowest BCUT2D eigenvalue weighted by atomic mass is 10.1. The predicted molar refractivity (Wildman–Crippen MR) is 95.1 cm³/mol. The highest BCUT2D eigenvalue weighted by molar-refractivity contribution is 5.91. The quantitative estimate of drug-likeness (QED) is 0.851. The number of rotatable bonds is 2. The number of aryl methyl sites for hydroxylation is 1. The van der Waals surface area contributed by atoms with Crippen LogP contribution in [0.1, 0.15) is 44.0 Å². The molecule has 1 aliphatic heterocycles. The second-order valence-corrected chi connectivity index (χ2v) is 7.87. The molecule has 6 heteroatoms. The van der Waals surface area contributed by atoms with E-state index in [0.717, 1.165) is 36.7 Å². The Hall–Kier alpha value is -1.92. The maximum atomic E-state index is 6.31. The molecule has 0 unspecified atom stereocenters. The van der Waals surface area contributed by atoms with E-state index in [9.17, 15) is 0 Å². The average Bonchev–Trinajstić information content (AvgIpc) is 3.26. The van der Waals surface area contributed by atoms with E-state index in [2.05, 4.69) is 21.1 Å². The van der Waals surface area contributed by atoms with Crippen LogP contribution in [0, 0.1) is 5.92 Å². The van der Waals surface area contributed by atoms with E-state index in [-0.39, 0.29) is 24.2 Å². The van der Waals surface area contributed by atoms with Crippen molar-refractivity contribution in [3.63, 3.8) is 0 Å². The van der Waals surface area contributed by atoms with E-state index < -0.39 is 5.79 Å². The molecule has 25 heavy (non-hydrogen) atoms. The Morgan fingerprint density at radius 2 is 2.08 bits per heavy atom. The first-order valence-corrected chi connectivity index (χ1v) is 9.10. The summed E-state index contributed by atoms with van der Waals surface area (Å²) >= 11 is 0. The number of nitrogen functional groups attached to an aromatic ring is 1. The van der Waals surface area contributed by atoms with Crippen LogP contribution >= 0.6 is 0 Å². The van der Waals surface area contributed by atoms with Crippen molar-refractivity contribution in [2.75, 3.05) is 5.73 Å². The zero-order valence-corrected chi connectivity index (χ0v) is 14.7. The molecule has 2 aromatic rings. The minimum absolute atomic E-state index is 0.00879. The molecular formula is C19H24N4O2. The zero-order valence-electron chi connectivity index (χ0n) is 14.7. The van der Waals surface area contributed by atoms with Gasteiger partial charge in [-0.05, 0) is 45.1 Å². The fourth-order valence-electron chi connectivity index (χ4n) is 5.09. The molecule has 6 nitrogen and oxygen atoms in total. The third kappa shape index (κ3) is 2.04. The van der Waals surface area contributed by atoms with Crippen molar-refractivity contribution < 1.29 is 9.47 Å². The maximum Gasteiger partial charge on any atom is 0.163 e. The van der Waals surface area contributed by atoms with Crippen molar-refractivity contribution in [3.8, 4) is 0 Å². The van der Waals surface area contributed by atoms with Crippen molar-refractivity contribution in [2.24, 2.45) is 5.92 Å². The molecule has 2 N–H and O–H groups in total. The van der Waals surface area contributed by atoms with E-state index in [0.29, 0.717) is 5.82 Å². The van der Waals surface area contributed by atoms with E-state index >= 15 is 0 Å². The maximum absolute atomic E-state index is 6.31. The van der Waals surface area contributed by atoms with Gasteiger partial charge in [0, 0.05) is 11.6 Å². The second-order valence-electron chi connectivity index (χ2n) is 7.87. The van der Waals surface area contributed by atoms with Gasteiger partial charge in [0.05, 0.1) is 17.5 Å². The normalized spacial score (nSPS) is 32.9. The fourth-order valence-corrected chi connectivity index (χ4v) is 5.09. The number of anilines is 1. The minimum atomic E-state index is -0.560. The molecule has 3 aliphatic rings. The van der Waals surface area contributed by atoms with Crippen LogP contribution in [0.5, 0.6) is 0 Å². The largest absolute Gasteiger partial charge is 0.383 e. The summed E-state index contributed by atoms with van der Waals surface area (Å²) in [6.07, 6.45) is 7.85. The first kappa shape index (κ1) is 15.3. The van der Waals surface area contributed by atoms with E-state index in [1.165, 1.54) is 11.3 Å². The summed E-state index contributed by atoms with van der Waals surface area (Å²) in [7, 11) is 0. The van der Waals surface area contributed by atoms with Crippen molar-refractivity contribution in [1.82, 2.24) is 14.5 Å². The molecule has 2 aromatic heterocycles. The number of hydrogen-bond donors (Lipinski definition) is 1. The van der Waals surface area contributed by atoms with Crippen molar-refractivity contribution in [2.45, 2.75) is 63.6 Å². The second kappa shape index (κ2) is 5.05. The summed E-state index contributed by atoms with van der Waals surface area (Å²) in [4.78, 5) is 8.83. The molecule has 2 aliphatic carbocycles. The highest BCUT2D eigenvalue weighted by Crippen LogP contribution is 2.50. The molecule has 0 aromatic carbocycles. The first-order chi connectivity index (χ1) is 12.0. The van der Waals surface area contributed by atoms with Crippen molar-refractivity contribution in [1.29, 1.82) is 0 Å². The third-order valence-corrected chi connectivity index (χ3v) is 5.98. The Labute approximate surface area is 147 Å². The van der Waals surface area contributed by atoms with Crippen LogP contribution in [0.2, 0.25) is 0 Å². The number of aromatic nitrogens is 3. The minimum Gasteiger partial charge on any atom is -0.383 e. The summed E-state index contributed by atoms with van der Waals surface area (Å²) in [5, 5.41) is 1.03. The van der Waals surface area contributed by atoms with Gasteiger partial charge in [-0.2, -0.15) is 0 Å². The monoisotopic (exact) mass is 340 g/mol. The van der Waals surface area contributed by atoms with Gasteiger partial charge in [-0.15, -0.1) is 6.58 Å². The standard InChI is InChI=1S/C19H24N4O2/c1-4-10-8-13(16-15(10)24-19(2,3)25-16)23-12-7-5-6-11(12)14-17(20)21-9-22-18(14)23/h4,9-10,13,15-16H,1,5-8H2,2-3H3,(H2,20,21,22)/t10-,13+,15+,16-/m0/s1. The lowest BCUT2D eigenvalue weighted by molar-refractivity contribution is -0.158. The Morgan fingerprint density at radius 3 is 2.88 bits per heavy atom. The van der Waals surface area contributed by atoms with Gasteiger partial charge in [-0.1, -0.05) is 6.08 Å². The summed E-state index contributed by atoms with van der Waals surface area (Å²) in [5.41, 5.74) is 9.83.